The molecule has 101 valence electrons. The van der Waals surface area contributed by atoms with Crippen molar-refractivity contribution in [3.05, 3.63) is 41.5 Å². The lowest BCUT2D eigenvalue weighted by Crippen LogP contribution is -2.07. The zero-order chi connectivity index (χ0) is 14.4. The van der Waals surface area contributed by atoms with Gasteiger partial charge in [-0.25, -0.2) is 0 Å². The van der Waals surface area contributed by atoms with Crippen LogP contribution in [0.25, 0.3) is 10.8 Å². The van der Waals surface area contributed by atoms with E-state index in [1.807, 2.05) is 0 Å². The molecule has 1 nitrogen and oxygen atoms in total. The summed E-state index contributed by atoms with van der Waals surface area (Å²) >= 11 is 0. The van der Waals surface area contributed by atoms with E-state index < -0.39 is 34.6 Å². The Hall–Kier alpha value is -1.92. The third kappa shape index (κ3) is 2.45. The molecule has 0 saturated carbocycles. The summed E-state index contributed by atoms with van der Waals surface area (Å²) in [6, 6.07) is 3.38. The number of hydrogen-bond acceptors (Lipinski definition) is 0. The van der Waals surface area contributed by atoms with Crippen LogP contribution in [0.4, 0.5) is 26.3 Å². The van der Waals surface area contributed by atoms with E-state index in [4.69, 9.17) is 0 Å². The predicted octanol–water partition coefficient (Wildman–Crippen LogP) is 5.02. The van der Waals surface area contributed by atoms with Crippen LogP contribution in [-0.2, 0) is 17.5 Å². The van der Waals surface area contributed by atoms with Crippen molar-refractivity contribution in [2.24, 2.45) is 0 Å². The standard InChI is InChI=1S/C12H5F6O/c13-11(14,15)7-4-6-2-1-3-8(12(16,17)18)10(6)9(19)5-7/h1-5H. The van der Waals surface area contributed by atoms with E-state index in [2.05, 4.69) is 0 Å². The summed E-state index contributed by atoms with van der Waals surface area (Å²) in [7, 11) is 0. The summed E-state index contributed by atoms with van der Waals surface area (Å²) in [5.41, 5.74) is -2.49. The third-order valence-electron chi connectivity index (χ3n) is 2.57. The van der Waals surface area contributed by atoms with Gasteiger partial charge in [0.05, 0.1) is 11.1 Å². The molecule has 0 aliphatic heterocycles. The minimum Gasteiger partial charge on any atom is -0.289 e. The van der Waals surface area contributed by atoms with Crippen molar-refractivity contribution in [2.75, 3.05) is 0 Å². The van der Waals surface area contributed by atoms with E-state index in [1.54, 1.807) is 0 Å². The van der Waals surface area contributed by atoms with Crippen molar-refractivity contribution in [1.82, 2.24) is 0 Å². The topological polar surface area (TPSA) is 19.9 Å². The molecule has 19 heavy (non-hydrogen) atoms. The highest BCUT2D eigenvalue weighted by Crippen LogP contribution is 2.42. The number of benzene rings is 2. The first-order valence-corrected chi connectivity index (χ1v) is 4.99. The van der Waals surface area contributed by atoms with Gasteiger partial charge in [0.2, 0.25) is 0 Å². The molecule has 0 atom stereocenters. The van der Waals surface area contributed by atoms with Gasteiger partial charge in [-0.1, -0.05) is 12.1 Å². The molecule has 0 aliphatic carbocycles. The Morgan fingerprint density at radius 2 is 1.47 bits per heavy atom. The van der Waals surface area contributed by atoms with E-state index in [0.29, 0.717) is 12.1 Å². The zero-order valence-electron chi connectivity index (χ0n) is 9.06. The highest BCUT2D eigenvalue weighted by molar-refractivity contribution is 5.92. The van der Waals surface area contributed by atoms with Gasteiger partial charge in [0.25, 0.3) is 0 Å². The number of fused-ring (bicyclic) bond motifs is 1. The molecular formula is C12H5F6O. The number of halogens is 6. The lowest BCUT2D eigenvalue weighted by atomic mass is 10.0. The Bertz CT molecular complexity index is 626. The van der Waals surface area contributed by atoms with Crippen molar-refractivity contribution < 1.29 is 31.4 Å². The van der Waals surface area contributed by atoms with Crippen LogP contribution in [0.5, 0.6) is 5.75 Å². The van der Waals surface area contributed by atoms with E-state index in [1.165, 1.54) is 0 Å². The Morgan fingerprint density at radius 1 is 0.842 bits per heavy atom. The molecular weight excluding hydrogens is 274 g/mol. The van der Waals surface area contributed by atoms with Gasteiger partial charge in [0.1, 0.15) is 0 Å². The first-order chi connectivity index (χ1) is 8.60. The average Bonchev–Trinajstić information content (AvgIpc) is 2.25. The van der Waals surface area contributed by atoms with Crippen LogP contribution < -0.4 is 0 Å². The lowest BCUT2D eigenvalue weighted by Gasteiger charge is -2.13. The van der Waals surface area contributed by atoms with Crippen molar-refractivity contribution in [2.45, 2.75) is 12.4 Å². The van der Waals surface area contributed by atoms with Crippen molar-refractivity contribution >= 4 is 10.8 Å². The fraction of sp³-hybridized carbons (Fsp3) is 0.167. The predicted molar refractivity (Wildman–Crippen MR) is 54.1 cm³/mol. The Labute approximate surface area is 103 Å². The SMILES string of the molecule is [O]c1cc(C(F)(F)F)cc2cccc(C(F)(F)F)c12. The van der Waals surface area contributed by atoms with Crippen LogP contribution in [0.1, 0.15) is 11.1 Å². The fourth-order valence-corrected chi connectivity index (χ4v) is 1.79. The molecule has 0 unspecified atom stereocenters. The van der Waals surface area contributed by atoms with Gasteiger partial charge in [-0.05, 0) is 23.6 Å². The second-order valence-electron chi connectivity index (χ2n) is 3.87. The molecule has 0 heterocycles. The number of hydrogen-bond donors (Lipinski definition) is 0. The van der Waals surface area contributed by atoms with Crippen LogP contribution >= 0.6 is 0 Å². The summed E-state index contributed by atoms with van der Waals surface area (Å²) in [5.74, 6) is -1.29. The molecule has 0 amide bonds. The van der Waals surface area contributed by atoms with E-state index in [-0.39, 0.29) is 11.5 Å². The maximum absolute atomic E-state index is 12.7. The molecule has 0 saturated heterocycles. The molecule has 0 N–H and O–H groups in total. The van der Waals surface area contributed by atoms with Crippen LogP contribution in [-0.4, -0.2) is 0 Å². The van der Waals surface area contributed by atoms with Gasteiger partial charge in [-0.3, -0.25) is 5.11 Å². The minimum absolute atomic E-state index is 0.178. The Kier molecular flexibility index (Phi) is 2.87. The van der Waals surface area contributed by atoms with Crippen LogP contribution in [0, 0.1) is 0 Å². The molecule has 2 aromatic rings. The maximum Gasteiger partial charge on any atom is 0.417 e. The van der Waals surface area contributed by atoms with Crippen LogP contribution in [0.15, 0.2) is 30.3 Å². The summed E-state index contributed by atoms with van der Waals surface area (Å²) in [6.45, 7) is 0. The van der Waals surface area contributed by atoms with Gasteiger partial charge in [-0.2, -0.15) is 26.3 Å². The quantitative estimate of drug-likeness (QED) is 0.603. The van der Waals surface area contributed by atoms with Gasteiger partial charge < -0.3 is 0 Å². The Morgan fingerprint density at radius 3 is 2.00 bits per heavy atom. The molecule has 2 rings (SSSR count). The van der Waals surface area contributed by atoms with Crippen molar-refractivity contribution in [3.63, 3.8) is 0 Å². The monoisotopic (exact) mass is 279 g/mol. The Balaban J connectivity index is 2.81. The molecule has 0 aromatic heterocycles. The highest BCUT2D eigenvalue weighted by Gasteiger charge is 2.36. The van der Waals surface area contributed by atoms with Crippen LogP contribution in [0.2, 0.25) is 0 Å². The summed E-state index contributed by atoms with van der Waals surface area (Å²) in [6.07, 6.45) is -9.57. The number of alkyl halides is 6. The summed E-state index contributed by atoms with van der Waals surface area (Å²) in [4.78, 5) is 0. The van der Waals surface area contributed by atoms with Gasteiger partial charge >= 0.3 is 12.4 Å². The second-order valence-corrected chi connectivity index (χ2v) is 3.87. The van der Waals surface area contributed by atoms with Crippen molar-refractivity contribution in [1.29, 1.82) is 0 Å². The van der Waals surface area contributed by atoms with Gasteiger partial charge in [0, 0.05) is 5.39 Å². The van der Waals surface area contributed by atoms with Crippen LogP contribution in [0.3, 0.4) is 0 Å². The number of rotatable bonds is 0. The highest BCUT2D eigenvalue weighted by atomic mass is 19.4. The zero-order valence-corrected chi connectivity index (χ0v) is 9.06. The van der Waals surface area contributed by atoms with Crippen molar-refractivity contribution in [3.8, 4) is 5.75 Å². The molecule has 2 aromatic carbocycles. The minimum atomic E-state index is -4.79. The summed E-state index contributed by atoms with van der Waals surface area (Å²) in [5, 5.41) is 10.4. The largest absolute Gasteiger partial charge is 0.417 e. The molecule has 7 heteroatoms. The van der Waals surface area contributed by atoms with E-state index >= 15 is 0 Å². The van der Waals surface area contributed by atoms with E-state index in [9.17, 15) is 31.4 Å². The lowest BCUT2D eigenvalue weighted by molar-refractivity contribution is -0.137. The molecule has 0 spiro atoms. The normalized spacial score (nSPS) is 12.9. The maximum atomic E-state index is 12.7. The molecule has 0 bridgehead atoms. The first-order valence-electron chi connectivity index (χ1n) is 4.99. The van der Waals surface area contributed by atoms with Gasteiger partial charge in [-0.15, -0.1) is 0 Å². The fourth-order valence-electron chi connectivity index (χ4n) is 1.79. The summed E-state index contributed by atoms with van der Waals surface area (Å²) < 4.78 is 75.4. The molecule has 0 aliphatic rings. The molecule has 1 radical (unpaired) electrons. The average molecular weight is 279 g/mol. The second kappa shape index (κ2) is 4.04. The third-order valence-corrected chi connectivity index (χ3v) is 2.57. The van der Waals surface area contributed by atoms with E-state index in [0.717, 1.165) is 12.1 Å². The smallest absolute Gasteiger partial charge is 0.289 e. The first kappa shape index (κ1) is 13.5. The van der Waals surface area contributed by atoms with Gasteiger partial charge in [0.15, 0.2) is 5.75 Å². The molecule has 0 fully saturated rings.